The second-order valence-corrected chi connectivity index (χ2v) is 3.14. The van der Waals surface area contributed by atoms with Crippen LogP contribution in [0.25, 0.3) is 0 Å². The molecule has 1 rings (SSSR count). The molecule has 1 aliphatic rings. The first kappa shape index (κ1) is 10.8. The molecule has 0 atom stereocenters. The van der Waals surface area contributed by atoms with Gasteiger partial charge in [0.05, 0.1) is 0 Å². The zero-order valence-electron chi connectivity index (χ0n) is 7.17. The van der Waals surface area contributed by atoms with Gasteiger partial charge >= 0.3 is 0 Å². The van der Waals surface area contributed by atoms with Crippen molar-refractivity contribution in [2.75, 3.05) is 6.54 Å². The number of rotatable bonds is 1. The summed E-state index contributed by atoms with van der Waals surface area (Å²) in [5.41, 5.74) is 0. The Bertz CT molecular complexity index is 136. The highest BCUT2D eigenvalue weighted by Gasteiger charge is 2.19. The molecule has 1 fully saturated rings. The zero-order valence-corrected chi connectivity index (χ0v) is 7.99. The Morgan fingerprint density at radius 3 is 2.36 bits per heavy atom. The molecule has 0 saturated carbocycles. The summed E-state index contributed by atoms with van der Waals surface area (Å²) in [5.74, 6) is 0.334. The van der Waals surface area contributed by atoms with Crippen molar-refractivity contribution in [2.24, 2.45) is 0 Å². The summed E-state index contributed by atoms with van der Waals surface area (Å²) in [7, 11) is 0. The van der Waals surface area contributed by atoms with E-state index in [4.69, 9.17) is 0 Å². The maximum Gasteiger partial charge on any atom is 0.222 e. The molecule has 0 aliphatic carbocycles. The molecule has 0 radical (unpaired) electrons. The van der Waals surface area contributed by atoms with Crippen LogP contribution in [0.4, 0.5) is 0 Å². The highest BCUT2D eigenvalue weighted by molar-refractivity contribution is 5.85. The van der Waals surface area contributed by atoms with Gasteiger partial charge < -0.3 is 4.90 Å². The van der Waals surface area contributed by atoms with E-state index in [1.165, 1.54) is 6.42 Å². The molecule has 1 aliphatic heterocycles. The van der Waals surface area contributed by atoms with Gasteiger partial charge in [-0.1, -0.05) is 0 Å². The van der Waals surface area contributed by atoms with Crippen molar-refractivity contribution in [3.63, 3.8) is 0 Å². The van der Waals surface area contributed by atoms with E-state index >= 15 is 0 Å². The van der Waals surface area contributed by atoms with Gasteiger partial charge in [0.1, 0.15) is 0 Å². The van der Waals surface area contributed by atoms with Gasteiger partial charge in [0.15, 0.2) is 0 Å². The number of carbonyl (C=O) groups excluding carboxylic acids is 1. The molecule has 2 nitrogen and oxygen atoms in total. The third-order valence-corrected chi connectivity index (χ3v) is 1.98. The Balaban J connectivity index is 0.000001000. The van der Waals surface area contributed by atoms with Crippen molar-refractivity contribution in [3.8, 4) is 0 Å². The molecular formula is C8H16ClNO. The third-order valence-electron chi connectivity index (χ3n) is 1.98. The number of likely N-dealkylation sites (tertiary alicyclic amines) is 1. The Morgan fingerprint density at radius 1 is 1.36 bits per heavy atom. The molecule has 1 saturated heterocycles. The summed E-state index contributed by atoms with van der Waals surface area (Å²) >= 11 is 0. The minimum absolute atomic E-state index is 0. The monoisotopic (exact) mass is 177 g/mol. The van der Waals surface area contributed by atoms with Crippen LogP contribution in [0.1, 0.15) is 33.1 Å². The molecular weight excluding hydrogens is 162 g/mol. The molecule has 0 unspecified atom stereocenters. The van der Waals surface area contributed by atoms with Gasteiger partial charge in [-0.25, -0.2) is 0 Å². The lowest BCUT2D eigenvalue weighted by Crippen LogP contribution is -2.40. The van der Waals surface area contributed by atoms with Crippen LogP contribution in [0.15, 0.2) is 0 Å². The number of hydrogen-bond acceptors (Lipinski definition) is 1. The Kier molecular flexibility index (Phi) is 4.50. The zero-order chi connectivity index (χ0) is 7.56. The lowest BCUT2D eigenvalue weighted by molar-refractivity contribution is -0.135. The van der Waals surface area contributed by atoms with Gasteiger partial charge in [-0.3, -0.25) is 4.79 Å². The van der Waals surface area contributed by atoms with Crippen LogP contribution in [0.2, 0.25) is 0 Å². The van der Waals surface area contributed by atoms with Crippen molar-refractivity contribution in [1.82, 2.24) is 4.90 Å². The molecule has 0 spiro atoms. The molecule has 11 heavy (non-hydrogen) atoms. The van der Waals surface area contributed by atoms with Gasteiger partial charge in [-0.15, -0.1) is 12.4 Å². The van der Waals surface area contributed by atoms with E-state index in [0.717, 1.165) is 19.4 Å². The minimum atomic E-state index is 0. The van der Waals surface area contributed by atoms with E-state index in [0.29, 0.717) is 11.9 Å². The van der Waals surface area contributed by atoms with Crippen LogP contribution < -0.4 is 0 Å². The molecule has 0 aromatic heterocycles. The second kappa shape index (κ2) is 4.60. The van der Waals surface area contributed by atoms with Crippen LogP contribution >= 0.6 is 12.4 Å². The van der Waals surface area contributed by atoms with Crippen LogP contribution in [-0.4, -0.2) is 23.4 Å². The fourth-order valence-electron chi connectivity index (χ4n) is 1.37. The number of piperidine rings is 1. The van der Waals surface area contributed by atoms with Crippen molar-refractivity contribution in [2.45, 2.75) is 39.2 Å². The van der Waals surface area contributed by atoms with Gasteiger partial charge in [-0.05, 0) is 26.7 Å². The first-order valence-electron chi connectivity index (χ1n) is 4.01. The smallest absolute Gasteiger partial charge is 0.222 e. The van der Waals surface area contributed by atoms with Crippen LogP contribution in [0.5, 0.6) is 0 Å². The third kappa shape index (κ3) is 2.70. The maximum absolute atomic E-state index is 11.2. The first-order valence-corrected chi connectivity index (χ1v) is 4.01. The quantitative estimate of drug-likeness (QED) is 0.599. The molecule has 1 heterocycles. The van der Waals surface area contributed by atoms with Gasteiger partial charge in [0, 0.05) is 19.0 Å². The fraction of sp³-hybridized carbons (Fsp3) is 0.875. The fourth-order valence-corrected chi connectivity index (χ4v) is 1.37. The van der Waals surface area contributed by atoms with Gasteiger partial charge in [-0.2, -0.15) is 0 Å². The maximum atomic E-state index is 11.2. The SMILES string of the molecule is CC(C)N1CCCCC1=O.Cl. The molecule has 0 aromatic carbocycles. The molecule has 0 aromatic rings. The van der Waals surface area contributed by atoms with E-state index in [1.54, 1.807) is 0 Å². The van der Waals surface area contributed by atoms with Crippen molar-refractivity contribution in [1.29, 1.82) is 0 Å². The predicted molar refractivity (Wildman–Crippen MR) is 47.9 cm³/mol. The average molecular weight is 178 g/mol. The second-order valence-electron chi connectivity index (χ2n) is 3.14. The van der Waals surface area contributed by atoms with Crippen molar-refractivity contribution in [3.05, 3.63) is 0 Å². The van der Waals surface area contributed by atoms with Crippen molar-refractivity contribution < 1.29 is 4.79 Å². The van der Waals surface area contributed by atoms with E-state index < -0.39 is 0 Å². The number of amides is 1. The number of nitrogens with zero attached hydrogens (tertiary/aromatic N) is 1. The first-order chi connectivity index (χ1) is 4.72. The van der Waals surface area contributed by atoms with Crippen molar-refractivity contribution >= 4 is 18.3 Å². The minimum Gasteiger partial charge on any atom is -0.340 e. The summed E-state index contributed by atoms with van der Waals surface area (Å²) in [6, 6.07) is 0.396. The molecule has 66 valence electrons. The lowest BCUT2D eigenvalue weighted by atomic mass is 10.1. The Labute approximate surface area is 74.4 Å². The molecule has 0 N–H and O–H groups in total. The topological polar surface area (TPSA) is 20.3 Å². The normalized spacial score (nSPS) is 18.5. The molecule has 1 amide bonds. The summed E-state index contributed by atoms with van der Waals surface area (Å²) in [5, 5.41) is 0. The standard InChI is InChI=1S/C8H15NO.ClH/c1-7(2)9-6-4-3-5-8(9)10;/h7H,3-6H2,1-2H3;1H. The summed E-state index contributed by atoms with van der Waals surface area (Å²) in [6.45, 7) is 5.11. The summed E-state index contributed by atoms with van der Waals surface area (Å²) in [6.07, 6.45) is 3.03. The number of halogens is 1. The van der Waals surface area contributed by atoms with E-state index in [9.17, 15) is 4.79 Å². The highest BCUT2D eigenvalue weighted by atomic mass is 35.5. The van der Waals surface area contributed by atoms with E-state index in [2.05, 4.69) is 13.8 Å². The molecule has 3 heteroatoms. The Hall–Kier alpha value is -0.240. The summed E-state index contributed by atoms with van der Waals surface area (Å²) < 4.78 is 0. The largest absolute Gasteiger partial charge is 0.340 e. The number of hydrogen-bond donors (Lipinski definition) is 0. The Morgan fingerprint density at radius 2 is 2.00 bits per heavy atom. The van der Waals surface area contributed by atoms with Gasteiger partial charge in [0.2, 0.25) is 5.91 Å². The van der Waals surface area contributed by atoms with Crippen LogP contribution in [-0.2, 0) is 4.79 Å². The molecule has 0 bridgehead atoms. The average Bonchev–Trinajstić information content (AvgIpc) is 1.88. The lowest BCUT2D eigenvalue weighted by Gasteiger charge is -2.30. The highest BCUT2D eigenvalue weighted by Crippen LogP contribution is 2.12. The summed E-state index contributed by atoms with van der Waals surface area (Å²) in [4.78, 5) is 13.1. The van der Waals surface area contributed by atoms with Gasteiger partial charge in [0.25, 0.3) is 0 Å². The van der Waals surface area contributed by atoms with Crippen LogP contribution in [0, 0.1) is 0 Å². The van der Waals surface area contributed by atoms with Crippen LogP contribution in [0.3, 0.4) is 0 Å². The predicted octanol–water partition coefficient (Wildman–Crippen LogP) is 1.83. The van der Waals surface area contributed by atoms with E-state index in [-0.39, 0.29) is 12.4 Å². The number of carbonyl (C=O) groups is 1. The van der Waals surface area contributed by atoms with E-state index in [1.807, 2.05) is 4.90 Å².